The largest absolute Gasteiger partial charge is 0.497 e. The molecule has 3 aromatic rings. The first-order valence-corrected chi connectivity index (χ1v) is 12.8. The minimum atomic E-state index is -0.606. The molecule has 1 aromatic heterocycles. The summed E-state index contributed by atoms with van der Waals surface area (Å²) in [5.41, 5.74) is 8.15. The predicted octanol–water partition coefficient (Wildman–Crippen LogP) is 3.56. The number of hydrogen-bond donors (Lipinski definition) is 1. The second-order valence-electron chi connectivity index (χ2n) is 7.98. The van der Waals surface area contributed by atoms with E-state index in [0.717, 1.165) is 26.7 Å². The Bertz CT molecular complexity index is 1240. The molecule has 8 nitrogen and oxygen atoms in total. The maximum atomic E-state index is 13.2. The number of methoxy groups -OCH3 is 1. The molecular weight excluding hydrogens is 486 g/mol. The highest BCUT2D eigenvalue weighted by atomic mass is 32.2. The van der Waals surface area contributed by atoms with Crippen molar-refractivity contribution in [1.29, 1.82) is 0 Å². The zero-order valence-corrected chi connectivity index (χ0v) is 20.5. The Hall–Kier alpha value is -3.21. The molecule has 1 fully saturated rings. The van der Waals surface area contributed by atoms with Gasteiger partial charge in [-0.05, 0) is 35.4 Å². The van der Waals surface area contributed by atoms with Gasteiger partial charge in [-0.2, -0.15) is 0 Å². The van der Waals surface area contributed by atoms with Crippen LogP contribution in [0.2, 0.25) is 0 Å². The highest BCUT2D eigenvalue weighted by molar-refractivity contribution is 8.06. The van der Waals surface area contributed by atoms with Gasteiger partial charge in [-0.1, -0.05) is 36.0 Å². The fourth-order valence-electron chi connectivity index (χ4n) is 3.83. The summed E-state index contributed by atoms with van der Waals surface area (Å²) in [5, 5.41) is -0.251. The summed E-state index contributed by atoms with van der Waals surface area (Å²) in [6.45, 7) is 0.0890. The van der Waals surface area contributed by atoms with Crippen LogP contribution in [0, 0.1) is 0 Å². The standard InChI is InChI=1S/C25H23N3O5S2/c1-31-17-6-2-16(3-7-17)13-33-25(30)22-19(14-34-24-21(26)23(29)28(22)24)35-18-8-4-15(5-9-18)12-20-27-10-11-32-20/h2-11,21,24H,12-14,26H2,1H3/t21-,24+/m1/s1. The topological polar surface area (TPSA) is 108 Å². The van der Waals surface area contributed by atoms with E-state index >= 15 is 0 Å². The van der Waals surface area contributed by atoms with E-state index in [1.807, 2.05) is 36.4 Å². The number of ether oxygens (including phenoxy) is 2. The minimum Gasteiger partial charge on any atom is -0.497 e. The van der Waals surface area contributed by atoms with Crippen LogP contribution >= 0.6 is 23.5 Å². The molecule has 0 bridgehead atoms. The summed E-state index contributed by atoms with van der Waals surface area (Å²) in [6, 6.07) is 14.6. The average molecular weight is 510 g/mol. The number of amides is 1. The summed E-state index contributed by atoms with van der Waals surface area (Å²) in [4.78, 5) is 33.1. The highest BCUT2D eigenvalue weighted by Gasteiger charge is 2.52. The van der Waals surface area contributed by atoms with Crippen LogP contribution in [0.3, 0.4) is 0 Å². The first-order valence-electron chi connectivity index (χ1n) is 10.9. The van der Waals surface area contributed by atoms with E-state index in [1.54, 1.807) is 43.5 Å². The molecule has 35 heavy (non-hydrogen) atoms. The lowest BCUT2D eigenvalue weighted by atomic mass is 10.1. The van der Waals surface area contributed by atoms with Gasteiger partial charge in [0.15, 0.2) is 5.89 Å². The highest BCUT2D eigenvalue weighted by Crippen LogP contribution is 2.45. The van der Waals surface area contributed by atoms with Crippen LogP contribution in [0.5, 0.6) is 5.75 Å². The van der Waals surface area contributed by atoms with E-state index in [-0.39, 0.29) is 23.6 Å². The molecule has 3 heterocycles. The van der Waals surface area contributed by atoms with Crippen molar-refractivity contribution >= 4 is 35.4 Å². The van der Waals surface area contributed by atoms with Gasteiger partial charge in [0.1, 0.15) is 35.7 Å². The fourth-order valence-corrected chi connectivity index (χ4v) is 6.24. The number of esters is 1. The summed E-state index contributed by atoms with van der Waals surface area (Å²) in [6.07, 6.45) is 3.78. The SMILES string of the molecule is COc1ccc(COC(=O)C2=C(Sc3ccc(Cc4ncco4)cc3)CS[C@H]3[C@H](N)C(=O)N23)cc1. The van der Waals surface area contributed by atoms with Crippen molar-refractivity contribution in [2.24, 2.45) is 5.73 Å². The molecule has 2 aliphatic heterocycles. The van der Waals surface area contributed by atoms with E-state index < -0.39 is 12.0 Å². The van der Waals surface area contributed by atoms with Crippen molar-refractivity contribution in [1.82, 2.24) is 9.88 Å². The van der Waals surface area contributed by atoms with Crippen molar-refractivity contribution in [3.63, 3.8) is 0 Å². The quantitative estimate of drug-likeness (QED) is 0.360. The zero-order chi connectivity index (χ0) is 24.4. The van der Waals surface area contributed by atoms with E-state index in [1.165, 1.54) is 16.7 Å². The summed E-state index contributed by atoms with van der Waals surface area (Å²) < 4.78 is 16.1. The number of benzene rings is 2. The number of nitrogens with zero attached hydrogens (tertiary/aromatic N) is 2. The number of carbonyl (C=O) groups is 2. The molecular formula is C25H23N3O5S2. The van der Waals surface area contributed by atoms with Crippen LogP contribution in [0.15, 0.2) is 80.9 Å². The fraction of sp³-hybridized carbons (Fsp3) is 0.240. The van der Waals surface area contributed by atoms with Crippen LogP contribution < -0.4 is 10.5 Å². The molecule has 2 aromatic carbocycles. The van der Waals surface area contributed by atoms with Gasteiger partial charge in [0.05, 0.1) is 13.3 Å². The number of nitrogens with two attached hydrogens (primary N) is 1. The number of hydrogen-bond acceptors (Lipinski definition) is 9. The van der Waals surface area contributed by atoms with E-state index in [4.69, 9.17) is 19.6 Å². The van der Waals surface area contributed by atoms with Crippen molar-refractivity contribution in [3.05, 3.63) is 88.6 Å². The third-order valence-corrected chi connectivity index (χ3v) is 8.28. The van der Waals surface area contributed by atoms with E-state index in [2.05, 4.69) is 4.98 Å². The summed E-state index contributed by atoms with van der Waals surface area (Å²) in [7, 11) is 1.59. The van der Waals surface area contributed by atoms with Crippen LogP contribution in [0.1, 0.15) is 17.0 Å². The van der Waals surface area contributed by atoms with Crippen LogP contribution in [0.25, 0.3) is 0 Å². The lowest BCUT2D eigenvalue weighted by molar-refractivity contribution is -0.151. The normalized spacial score (nSPS) is 19.3. The van der Waals surface area contributed by atoms with Crippen molar-refractivity contribution in [2.45, 2.75) is 29.3 Å². The minimum absolute atomic E-state index is 0.0890. The van der Waals surface area contributed by atoms with Crippen LogP contribution in [-0.2, 0) is 27.4 Å². The number of fused-ring (bicyclic) bond motifs is 1. The van der Waals surface area contributed by atoms with Crippen LogP contribution in [0.4, 0.5) is 0 Å². The molecule has 2 N–H and O–H groups in total. The molecule has 2 atom stereocenters. The Kier molecular flexibility index (Phi) is 6.85. The van der Waals surface area contributed by atoms with Gasteiger partial charge in [0.2, 0.25) is 5.91 Å². The molecule has 0 saturated carbocycles. The number of carbonyl (C=O) groups excluding carboxylic acids is 2. The molecule has 0 radical (unpaired) electrons. The molecule has 10 heteroatoms. The molecule has 2 aliphatic rings. The molecule has 5 rings (SSSR count). The van der Waals surface area contributed by atoms with E-state index in [0.29, 0.717) is 18.1 Å². The Balaban J connectivity index is 1.34. The van der Waals surface area contributed by atoms with Crippen molar-refractivity contribution in [2.75, 3.05) is 12.9 Å². The first-order chi connectivity index (χ1) is 17.0. The van der Waals surface area contributed by atoms with Crippen molar-refractivity contribution in [3.8, 4) is 5.75 Å². The predicted molar refractivity (Wildman–Crippen MR) is 132 cm³/mol. The summed E-state index contributed by atoms with van der Waals surface area (Å²) in [5.74, 6) is 1.14. The van der Waals surface area contributed by atoms with E-state index in [9.17, 15) is 9.59 Å². The van der Waals surface area contributed by atoms with Gasteiger partial charge in [-0.25, -0.2) is 9.78 Å². The lowest BCUT2D eigenvalue weighted by Crippen LogP contribution is -2.68. The van der Waals surface area contributed by atoms with Crippen LogP contribution in [-0.4, -0.2) is 46.0 Å². The summed E-state index contributed by atoms with van der Waals surface area (Å²) >= 11 is 3.01. The van der Waals surface area contributed by atoms with Gasteiger partial charge in [-0.3, -0.25) is 9.69 Å². The Morgan fingerprint density at radius 3 is 2.63 bits per heavy atom. The molecule has 180 valence electrons. The average Bonchev–Trinajstić information content (AvgIpc) is 3.41. The number of thioether (sulfide) groups is 2. The maximum Gasteiger partial charge on any atom is 0.356 e. The first kappa shape index (κ1) is 23.5. The van der Waals surface area contributed by atoms with Gasteiger partial charge < -0.3 is 19.6 Å². The molecule has 1 amide bonds. The Morgan fingerprint density at radius 2 is 1.94 bits per heavy atom. The zero-order valence-electron chi connectivity index (χ0n) is 18.9. The number of oxazole rings is 1. The number of β-lactam (4-membered cyclic amide) rings is 1. The third-order valence-electron chi connectivity index (χ3n) is 5.70. The lowest BCUT2D eigenvalue weighted by Gasteiger charge is -2.48. The molecule has 0 spiro atoms. The van der Waals surface area contributed by atoms with Gasteiger partial charge in [0, 0.05) is 22.0 Å². The molecule has 0 aliphatic carbocycles. The van der Waals surface area contributed by atoms with Gasteiger partial charge in [0.25, 0.3) is 0 Å². The maximum absolute atomic E-state index is 13.2. The molecule has 0 unspecified atom stereocenters. The monoisotopic (exact) mass is 509 g/mol. The third kappa shape index (κ3) is 4.95. The Labute approximate surface area is 210 Å². The number of aromatic nitrogens is 1. The van der Waals surface area contributed by atoms with Crippen molar-refractivity contribution < 1.29 is 23.5 Å². The van der Waals surface area contributed by atoms with Gasteiger partial charge in [-0.15, -0.1) is 11.8 Å². The Morgan fingerprint density at radius 1 is 1.20 bits per heavy atom. The second kappa shape index (κ2) is 10.2. The second-order valence-corrected chi connectivity index (χ2v) is 10.3. The molecule has 1 saturated heterocycles. The van der Waals surface area contributed by atoms with Gasteiger partial charge >= 0.3 is 5.97 Å². The smallest absolute Gasteiger partial charge is 0.356 e. The number of rotatable bonds is 8.